The normalized spacial score (nSPS) is 16.3. The maximum absolute atomic E-state index is 14.9. The van der Waals surface area contributed by atoms with Crippen LogP contribution in [0.15, 0.2) is 109 Å². The van der Waals surface area contributed by atoms with Gasteiger partial charge < -0.3 is 49.6 Å². The molecule has 2 heterocycles. The number of likely N-dealkylation sites (N-methyl/N-ethyl adjacent to an activating group) is 3. The lowest BCUT2D eigenvalue weighted by Gasteiger charge is -2.37. The van der Waals surface area contributed by atoms with Gasteiger partial charge in [-0.25, -0.2) is 19.2 Å². The van der Waals surface area contributed by atoms with Gasteiger partial charge in [0.25, 0.3) is 0 Å². The fourth-order valence-electron chi connectivity index (χ4n) is 11.5. The molecular weight excluding hydrogens is 1300 g/mol. The Hall–Kier alpha value is -9.02. The van der Waals surface area contributed by atoms with E-state index in [1.54, 1.807) is 86.0 Å². The Labute approximate surface area is 605 Å². The summed E-state index contributed by atoms with van der Waals surface area (Å²) in [4.78, 5) is 145. The lowest BCUT2D eigenvalue weighted by atomic mass is 9.85. The van der Waals surface area contributed by atoms with Gasteiger partial charge in [-0.15, -0.1) is 0 Å². The number of nitrogens with one attached hydrogen (secondary N) is 2. The number of benzene rings is 4. The molecule has 2 saturated heterocycles. The minimum absolute atomic E-state index is 0.170. The highest BCUT2D eigenvalue weighted by Crippen LogP contribution is 2.31. The van der Waals surface area contributed by atoms with Crippen molar-refractivity contribution < 1.29 is 67.3 Å². The second-order valence-corrected chi connectivity index (χ2v) is 32.0. The summed E-state index contributed by atoms with van der Waals surface area (Å²) in [7, 11) is 4.37. The van der Waals surface area contributed by atoms with Crippen LogP contribution in [-0.4, -0.2) is 206 Å². The van der Waals surface area contributed by atoms with Crippen LogP contribution in [0.2, 0.25) is 0 Å². The summed E-state index contributed by atoms with van der Waals surface area (Å²) in [6, 6.07) is 29.9. The van der Waals surface area contributed by atoms with E-state index in [1.165, 1.54) is 37.9 Å². The maximum atomic E-state index is 14.9. The molecule has 7 atom stereocenters. The fourth-order valence-corrected chi connectivity index (χ4v) is 11.5. The van der Waals surface area contributed by atoms with Gasteiger partial charge in [0.15, 0.2) is 0 Å². The molecule has 0 aliphatic carbocycles. The number of nitrogens with zero attached hydrogens (tertiary/aromatic N) is 7. The third kappa shape index (κ3) is 24.9. The molecule has 0 saturated carbocycles. The van der Waals surface area contributed by atoms with Crippen molar-refractivity contribution in [2.24, 2.45) is 10.8 Å². The molecule has 2 fully saturated rings. The summed E-state index contributed by atoms with van der Waals surface area (Å²) in [5.74, 6) is -3.13. The van der Waals surface area contributed by atoms with Gasteiger partial charge >= 0.3 is 24.2 Å². The number of carboxylic acid groups (broad SMARTS) is 1. The van der Waals surface area contributed by atoms with E-state index in [-0.39, 0.29) is 23.6 Å². The molecule has 2 aliphatic heterocycles. The number of carboxylic acids is 1. The second kappa shape index (κ2) is 35.7. The van der Waals surface area contributed by atoms with Crippen molar-refractivity contribution in [3.05, 3.63) is 131 Å². The van der Waals surface area contributed by atoms with Crippen molar-refractivity contribution in [1.29, 1.82) is 0 Å². The molecule has 102 heavy (non-hydrogen) atoms. The highest BCUT2D eigenvalue weighted by molar-refractivity contribution is 5.96. The summed E-state index contributed by atoms with van der Waals surface area (Å²) in [5.41, 5.74) is 2.25. The Kier molecular flexibility index (Phi) is 29.3. The number of likely N-dealkylation sites (tertiary alicyclic amines) is 2. The molecule has 3 N–H and O–H groups in total. The van der Waals surface area contributed by atoms with Crippen LogP contribution in [0.3, 0.4) is 0 Å². The summed E-state index contributed by atoms with van der Waals surface area (Å²) >= 11 is 0. The van der Waals surface area contributed by atoms with Crippen LogP contribution in [0.25, 0.3) is 11.1 Å². The number of hydrogen-bond donors (Lipinski definition) is 3. The number of carbonyl (C=O) groups excluding carboxylic acids is 9. The Morgan fingerprint density at radius 1 is 0.441 bits per heavy atom. The molecule has 0 aromatic heterocycles. The van der Waals surface area contributed by atoms with Crippen molar-refractivity contribution >= 4 is 59.7 Å². The van der Waals surface area contributed by atoms with E-state index in [0.717, 1.165) is 38.3 Å². The van der Waals surface area contributed by atoms with Crippen LogP contribution in [0.4, 0.5) is 14.4 Å². The molecular formula is C79H115N9O14. The maximum Gasteiger partial charge on any atom is 0.410 e. The number of rotatable bonds is 23. The van der Waals surface area contributed by atoms with Crippen LogP contribution < -0.4 is 10.6 Å². The molecule has 4 aromatic rings. The topological polar surface area (TPSA) is 265 Å². The molecule has 9 amide bonds. The summed E-state index contributed by atoms with van der Waals surface area (Å²) in [5, 5.41) is 14.5. The zero-order chi connectivity index (χ0) is 76.6. The van der Waals surface area contributed by atoms with Crippen LogP contribution >= 0.6 is 0 Å². The zero-order valence-corrected chi connectivity index (χ0v) is 64.3. The van der Waals surface area contributed by atoms with Gasteiger partial charge in [0, 0.05) is 60.4 Å². The Morgan fingerprint density at radius 2 is 0.735 bits per heavy atom. The van der Waals surface area contributed by atoms with Gasteiger partial charge in [0.1, 0.15) is 59.1 Å². The van der Waals surface area contributed by atoms with Crippen molar-refractivity contribution in [2.45, 2.75) is 235 Å². The van der Waals surface area contributed by atoms with Crippen LogP contribution in [0.5, 0.6) is 0 Å². The summed E-state index contributed by atoms with van der Waals surface area (Å²) in [6.07, 6.45) is 1.42. The smallest absolute Gasteiger partial charge is 0.410 e. The first-order valence-corrected chi connectivity index (χ1v) is 35.4. The first-order chi connectivity index (χ1) is 47.3. The van der Waals surface area contributed by atoms with Crippen molar-refractivity contribution in [2.75, 3.05) is 47.3 Å². The van der Waals surface area contributed by atoms with Crippen molar-refractivity contribution in [1.82, 2.24) is 44.9 Å². The second-order valence-electron chi connectivity index (χ2n) is 32.0. The van der Waals surface area contributed by atoms with Crippen LogP contribution in [0, 0.1) is 10.8 Å². The first-order valence-electron chi connectivity index (χ1n) is 35.4. The predicted molar refractivity (Wildman–Crippen MR) is 393 cm³/mol. The molecule has 6 rings (SSSR count). The molecule has 23 nitrogen and oxygen atoms in total. The molecule has 560 valence electrons. The van der Waals surface area contributed by atoms with E-state index >= 15 is 0 Å². The van der Waals surface area contributed by atoms with Crippen LogP contribution in [-0.2, 0) is 73.7 Å². The van der Waals surface area contributed by atoms with Gasteiger partial charge in [0.2, 0.25) is 35.4 Å². The summed E-state index contributed by atoms with van der Waals surface area (Å²) < 4.78 is 16.0. The Bertz CT molecular complexity index is 3290. The van der Waals surface area contributed by atoms with E-state index in [0.29, 0.717) is 77.8 Å². The SMILES string of the molecule is C[C@@H](C(=O)N[C@H](C(=O)N1CCC[C@H]1C(=O)N(CCc1ccccc1)Cc1ccc(-c2ccc(CN(CCc3ccccc3)C(=O)[C@@H]3CCCN3C(=O)[C@@H](NC(=O)[C@H](C)N(C)C(=O)OC(C)(C)C)C(C)(C)C)cc2)cc1)C(C)(C)C)N(C)C(=O)OC(C)(C)C.C[C@@H](C(=O)O)N(C)C(=O)OC(C)(C)C. The van der Waals surface area contributed by atoms with Crippen molar-refractivity contribution in [3.63, 3.8) is 0 Å². The highest BCUT2D eigenvalue weighted by Gasteiger charge is 2.46. The third-order valence-corrected chi connectivity index (χ3v) is 18.0. The molecule has 2 aliphatic rings. The Balaban J connectivity index is 0.00000120. The highest BCUT2D eigenvalue weighted by atomic mass is 16.6. The van der Waals surface area contributed by atoms with E-state index in [2.05, 4.69) is 10.6 Å². The third-order valence-electron chi connectivity index (χ3n) is 18.0. The lowest BCUT2D eigenvalue weighted by molar-refractivity contribution is -0.148. The average molecular weight is 1410 g/mol. The number of ether oxygens (including phenoxy) is 3. The van der Waals surface area contributed by atoms with Gasteiger partial charge in [-0.3, -0.25) is 43.5 Å². The number of hydrogen-bond acceptors (Lipinski definition) is 13. The minimum atomic E-state index is -1.06. The molecule has 0 unspecified atom stereocenters. The van der Waals surface area contributed by atoms with Gasteiger partial charge in [-0.2, -0.15) is 0 Å². The molecule has 0 radical (unpaired) electrons. The van der Waals surface area contributed by atoms with E-state index in [1.807, 2.05) is 161 Å². The number of carbonyl (C=O) groups is 10. The van der Waals surface area contributed by atoms with E-state index in [9.17, 15) is 47.9 Å². The van der Waals surface area contributed by atoms with Crippen molar-refractivity contribution in [3.8, 4) is 11.1 Å². The lowest BCUT2D eigenvalue weighted by Crippen LogP contribution is -2.60. The minimum Gasteiger partial charge on any atom is -0.480 e. The molecule has 0 spiro atoms. The van der Waals surface area contributed by atoms with E-state index < -0.39 is 106 Å². The molecule has 4 aromatic carbocycles. The average Bonchev–Trinajstić information content (AvgIpc) is 1.57. The number of amides is 9. The zero-order valence-electron chi connectivity index (χ0n) is 64.3. The van der Waals surface area contributed by atoms with Crippen LogP contribution in [0.1, 0.15) is 173 Å². The monoisotopic (exact) mass is 1410 g/mol. The van der Waals surface area contributed by atoms with Gasteiger partial charge in [-0.05, 0) is 166 Å². The molecule has 23 heteroatoms. The predicted octanol–water partition coefficient (Wildman–Crippen LogP) is 11.4. The quantitative estimate of drug-likeness (QED) is 0.0583. The first kappa shape index (κ1) is 83.6. The Morgan fingerprint density at radius 3 is 1.01 bits per heavy atom. The molecule has 0 bridgehead atoms. The summed E-state index contributed by atoms with van der Waals surface area (Å²) in [6.45, 7) is 33.6. The largest absolute Gasteiger partial charge is 0.480 e. The fraction of sp³-hybridized carbons (Fsp3) is 0.570. The van der Waals surface area contributed by atoms with E-state index in [4.69, 9.17) is 19.3 Å². The standard InChI is InChI=1S/C70H98N8O10.C9H17NO4/c1-47(73(15)65(85)87-69(9,10)11)59(79)71-57(67(3,4)5)63(83)77-41-23-29-55(77)61(81)75(43-39-49-25-19-17-20-26-49)45-51-31-35-53(36-32-51)54-37-33-52(34-38-54)46-76(44-40-50-27-21-18-22-28-50)62(82)56-30-24-42-78(56)64(84)58(68(6,7)8)72-60(80)48(2)74(16)66(86)88-70(12,13)14;1-6(7(11)12)10(5)8(13)14-9(2,3)4/h17-22,25-28,31-38,47-48,55-58H,23-24,29-30,39-46H2,1-16H3,(H,71,79)(H,72,80);6H,1-5H3,(H,11,12)/t47-,48-,55-,56-,57+,58+;6-/m00/s1. The number of aliphatic carboxylic acids is 1. The van der Waals surface area contributed by atoms with Gasteiger partial charge in [-0.1, -0.05) is 151 Å². The van der Waals surface area contributed by atoms with Gasteiger partial charge in [0.05, 0.1) is 0 Å².